The first-order valence-corrected chi connectivity index (χ1v) is 7.35. The summed E-state index contributed by atoms with van der Waals surface area (Å²) in [6.07, 6.45) is -4.65. The van der Waals surface area contributed by atoms with E-state index in [-0.39, 0.29) is 11.0 Å². The molecule has 0 unspecified atom stereocenters. The molecule has 1 aromatic heterocycles. The number of rotatable bonds is 4. The number of carbonyl (C=O) groups excluding carboxylic acids is 1. The molecule has 25 heavy (non-hydrogen) atoms. The number of aromatic nitrogens is 2. The highest BCUT2D eigenvalue weighted by Crippen LogP contribution is 2.31. The van der Waals surface area contributed by atoms with E-state index in [1.54, 1.807) is 36.4 Å². The van der Waals surface area contributed by atoms with E-state index < -0.39 is 24.5 Å². The number of methoxy groups -OCH3 is 1. The van der Waals surface area contributed by atoms with Crippen LogP contribution in [0.2, 0.25) is 0 Å². The van der Waals surface area contributed by atoms with Crippen molar-refractivity contribution in [3.63, 3.8) is 0 Å². The quantitative estimate of drug-likeness (QED) is 0.781. The van der Waals surface area contributed by atoms with Crippen LogP contribution in [0.4, 0.5) is 18.9 Å². The number of nitrogens with zero attached hydrogens (tertiary/aromatic N) is 2. The molecule has 3 aromatic rings. The number of hydrogen-bond acceptors (Lipinski definition) is 3. The number of halogens is 3. The van der Waals surface area contributed by atoms with E-state index in [9.17, 15) is 18.0 Å². The van der Waals surface area contributed by atoms with Crippen LogP contribution in [0.25, 0.3) is 11.0 Å². The van der Waals surface area contributed by atoms with Gasteiger partial charge in [-0.2, -0.15) is 13.2 Å². The zero-order valence-electron chi connectivity index (χ0n) is 13.2. The van der Waals surface area contributed by atoms with Crippen molar-refractivity contribution in [3.8, 4) is 5.75 Å². The van der Waals surface area contributed by atoms with E-state index in [0.29, 0.717) is 11.4 Å². The molecule has 2 aromatic carbocycles. The fourth-order valence-electron chi connectivity index (χ4n) is 2.47. The average Bonchev–Trinajstić information content (AvgIpc) is 2.94. The predicted molar refractivity (Wildman–Crippen MR) is 86.4 cm³/mol. The Balaban J connectivity index is 1.87. The number of fused-ring (bicyclic) bond motifs is 1. The van der Waals surface area contributed by atoms with E-state index in [4.69, 9.17) is 4.74 Å². The smallest absolute Gasteiger partial charge is 0.449 e. The summed E-state index contributed by atoms with van der Waals surface area (Å²) >= 11 is 0. The monoisotopic (exact) mass is 349 g/mol. The molecule has 0 radical (unpaired) electrons. The second-order valence-corrected chi connectivity index (χ2v) is 5.28. The molecule has 0 saturated carbocycles. The standard InChI is InChI=1S/C17H14F3N3O2/c1-25-12-8-6-11(7-9-12)21-15(24)10-23-14-5-3-2-4-13(14)22-16(23)17(18,19)20/h2-9H,10H2,1H3,(H,21,24). The second kappa shape index (κ2) is 6.46. The topological polar surface area (TPSA) is 56.1 Å². The highest BCUT2D eigenvalue weighted by atomic mass is 19.4. The van der Waals surface area contributed by atoms with Crippen molar-refractivity contribution in [3.05, 3.63) is 54.4 Å². The Morgan fingerprint density at radius 1 is 1.16 bits per heavy atom. The first-order chi connectivity index (χ1) is 11.9. The maximum absolute atomic E-state index is 13.2. The number of ether oxygens (including phenoxy) is 1. The number of carbonyl (C=O) groups is 1. The van der Waals surface area contributed by atoms with Crippen LogP contribution in [0.5, 0.6) is 5.75 Å². The van der Waals surface area contributed by atoms with E-state index in [2.05, 4.69) is 10.3 Å². The van der Waals surface area contributed by atoms with Crippen LogP contribution >= 0.6 is 0 Å². The molecule has 0 saturated heterocycles. The molecule has 5 nitrogen and oxygen atoms in total. The lowest BCUT2D eigenvalue weighted by molar-refractivity contribution is -0.147. The summed E-state index contributed by atoms with van der Waals surface area (Å²) < 4.78 is 45.5. The Hall–Kier alpha value is -3.03. The number of imidazole rings is 1. The molecule has 1 amide bonds. The molecule has 130 valence electrons. The molecule has 1 N–H and O–H groups in total. The van der Waals surface area contributed by atoms with Gasteiger partial charge in [-0.25, -0.2) is 4.98 Å². The van der Waals surface area contributed by atoms with Gasteiger partial charge in [0.1, 0.15) is 12.3 Å². The first-order valence-electron chi connectivity index (χ1n) is 7.35. The third kappa shape index (κ3) is 3.57. The van der Waals surface area contributed by atoms with Gasteiger partial charge < -0.3 is 14.6 Å². The van der Waals surface area contributed by atoms with Crippen molar-refractivity contribution in [2.24, 2.45) is 0 Å². The number of hydrogen-bond donors (Lipinski definition) is 1. The third-order valence-corrected chi connectivity index (χ3v) is 3.58. The van der Waals surface area contributed by atoms with Crippen LogP contribution in [0, 0.1) is 0 Å². The molecule has 0 aliphatic heterocycles. The summed E-state index contributed by atoms with van der Waals surface area (Å²) in [5, 5.41) is 2.56. The van der Waals surface area contributed by atoms with Gasteiger partial charge in [0.05, 0.1) is 18.1 Å². The number of para-hydroxylation sites is 2. The minimum absolute atomic E-state index is 0.187. The van der Waals surface area contributed by atoms with E-state index in [1.807, 2.05) is 0 Å². The van der Waals surface area contributed by atoms with Gasteiger partial charge in [-0.3, -0.25) is 4.79 Å². The van der Waals surface area contributed by atoms with Gasteiger partial charge in [0.2, 0.25) is 11.7 Å². The van der Waals surface area contributed by atoms with Crippen LogP contribution in [0.15, 0.2) is 48.5 Å². The Labute approximate surface area is 141 Å². The summed E-state index contributed by atoms with van der Waals surface area (Å²) in [5.74, 6) is -1.07. The SMILES string of the molecule is COc1ccc(NC(=O)Cn2c(C(F)(F)F)nc3ccccc32)cc1. The van der Waals surface area contributed by atoms with E-state index >= 15 is 0 Å². The van der Waals surface area contributed by atoms with Crippen molar-refractivity contribution in [2.45, 2.75) is 12.7 Å². The van der Waals surface area contributed by atoms with Crippen LogP contribution in [0.1, 0.15) is 5.82 Å². The van der Waals surface area contributed by atoms with Gasteiger partial charge in [-0.1, -0.05) is 12.1 Å². The number of amides is 1. The highest BCUT2D eigenvalue weighted by Gasteiger charge is 2.37. The summed E-state index contributed by atoms with van der Waals surface area (Å²) in [5.41, 5.74) is 0.899. The molecular formula is C17H14F3N3O2. The van der Waals surface area contributed by atoms with Crippen molar-refractivity contribution in [2.75, 3.05) is 12.4 Å². The van der Waals surface area contributed by atoms with Gasteiger partial charge in [-0.15, -0.1) is 0 Å². The molecule has 0 spiro atoms. The molecule has 0 bridgehead atoms. The molecule has 0 aliphatic carbocycles. The fraction of sp³-hybridized carbons (Fsp3) is 0.176. The summed E-state index contributed by atoms with van der Waals surface area (Å²) in [7, 11) is 1.51. The molecule has 3 rings (SSSR count). The van der Waals surface area contributed by atoms with Crippen molar-refractivity contribution < 1.29 is 22.7 Å². The maximum Gasteiger partial charge on any atom is 0.449 e. The lowest BCUT2D eigenvalue weighted by Crippen LogP contribution is -2.23. The number of nitrogens with one attached hydrogen (secondary N) is 1. The first kappa shape index (κ1) is 16.8. The van der Waals surface area contributed by atoms with E-state index in [0.717, 1.165) is 4.57 Å². The Morgan fingerprint density at radius 3 is 2.48 bits per heavy atom. The van der Waals surface area contributed by atoms with Gasteiger partial charge in [0, 0.05) is 5.69 Å². The number of anilines is 1. The van der Waals surface area contributed by atoms with Crippen LogP contribution in [-0.2, 0) is 17.5 Å². The van der Waals surface area contributed by atoms with Gasteiger partial charge in [0.15, 0.2) is 0 Å². The van der Waals surface area contributed by atoms with Crippen molar-refractivity contribution >= 4 is 22.6 Å². The molecular weight excluding hydrogens is 335 g/mol. The Bertz CT molecular complexity index is 902. The minimum atomic E-state index is -4.65. The lowest BCUT2D eigenvalue weighted by Gasteiger charge is -2.12. The Morgan fingerprint density at radius 2 is 1.84 bits per heavy atom. The molecule has 0 aliphatic rings. The Kier molecular flexibility index (Phi) is 4.35. The van der Waals surface area contributed by atoms with Crippen LogP contribution in [-0.4, -0.2) is 22.6 Å². The molecule has 0 atom stereocenters. The molecule has 1 heterocycles. The molecule has 8 heteroatoms. The van der Waals surface area contributed by atoms with Crippen molar-refractivity contribution in [1.82, 2.24) is 9.55 Å². The number of benzene rings is 2. The van der Waals surface area contributed by atoms with Gasteiger partial charge in [0.25, 0.3) is 0 Å². The summed E-state index contributed by atoms with van der Waals surface area (Å²) in [4.78, 5) is 15.8. The van der Waals surface area contributed by atoms with Gasteiger partial charge in [-0.05, 0) is 36.4 Å². The highest BCUT2D eigenvalue weighted by molar-refractivity contribution is 5.91. The third-order valence-electron chi connectivity index (χ3n) is 3.58. The fourth-order valence-corrected chi connectivity index (χ4v) is 2.47. The summed E-state index contributed by atoms with van der Waals surface area (Å²) in [6.45, 7) is -0.499. The zero-order chi connectivity index (χ0) is 18.0. The second-order valence-electron chi connectivity index (χ2n) is 5.28. The number of alkyl halides is 3. The maximum atomic E-state index is 13.2. The average molecular weight is 349 g/mol. The van der Waals surface area contributed by atoms with Gasteiger partial charge >= 0.3 is 6.18 Å². The largest absolute Gasteiger partial charge is 0.497 e. The zero-order valence-corrected chi connectivity index (χ0v) is 13.2. The minimum Gasteiger partial charge on any atom is -0.497 e. The van der Waals surface area contributed by atoms with Crippen molar-refractivity contribution in [1.29, 1.82) is 0 Å². The lowest BCUT2D eigenvalue weighted by atomic mass is 10.3. The van der Waals surface area contributed by atoms with Crippen LogP contribution in [0.3, 0.4) is 0 Å². The van der Waals surface area contributed by atoms with E-state index in [1.165, 1.54) is 19.2 Å². The predicted octanol–water partition coefficient (Wildman–Crippen LogP) is 3.70. The van der Waals surface area contributed by atoms with Crippen LogP contribution < -0.4 is 10.1 Å². The summed E-state index contributed by atoms with van der Waals surface area (Å²) in [6, 6.07) is 12.7. The molecule has 0 fully saturated rings. The normalized spacial score (nSPS) is 11.5.